The smallest absolute Gasteiger partial charge is 0.339 e. The van der Waals surface area contributed by atoms with Gasteiger partial charge >= 0.3 is 5.97 Å². The van der Waals surface area contributed by atoms with E-state index in [4.69, 9.17) is 33.0 Å². The lowest BCUT2D eigenvalue weighted by Crippen LogP contribution is -2.20. The molecule has 0 saturated heterocycles. The number of carboxylic acids is 1. The van der Waals surface area contributed by atoms with Crippen LogP contribution in [0.25, 0.3) is 0 Å². The Balaban J connectivity index is 2.92. The van der Waals surface area contributed by atoms with Gasteiger partial charge in [-0.1, -0.05) is 23.2 Å². The molecule has 6 heteroatoms. The van der Waals surface area contributed by atoms with Crippen molar-refractivity contribution in [2.24, 2.45) is 0 Å². The second-order valence-corrected chi connectivity index (χ2v) is 4.56. The predicted octanol–water partition coefficient (Wildman–Crippen LogP) is 2.63. The molecule has 0 bridgehead atoms. The van der Waals surface area contributed by atoms with Crippen molar-refractivity contribution in [1.82, 2.24) is 4.90 Å². The highest BCUT2D eigenvalue weighted by atomic mass is 35.5. The minimum absolute atomic E-state index is 0.0266. The van der Waals surface area contributed by atoms with E-state index < -0.39 is 5.97 Å². The van der Waals surface area contributed by atoms with Crippen LogP contribution in [0.2, 0.25) is 10.0 Å². The van der Waals surface area contributed by atoms with Gasteiger partial charge < -0.3 is 14.7 Å². The summed E-state index contributed by atoms with van der Waals surface area (Å²) in [7, 11) is 3.79. The van der Waals surface area contributed by atoms with Gasteiger partial charge in [-0.15, -0.1) is 0 Å². The molecule has 4 nitrogen and oxygen atoms in total. The summed E-state index contributed by atoms with van der Waals surface area (Å²) < 4.78 is 5.38. The van der Waals surface area contributed by atoms with Crippen molar-refractivity contribution >= 4 is 29.2 Å². The van der Waals surface area contributed by atoms with Crippen LogP contribution in [0, 0.1) is 0 Å². The maximum Gasteiger partial charge on any atom is 0.339 e. The van der Waals surface area contributed by atoms with Gasteiger partial charge in [0.2, 0.25) is 0 Å². The van der Waals surface area contributed by atoms with Crippen molar-refractivity contribution in [2.75, 3.05) is 27.2 Å². The Morgan fingerprint density at radius 3 is 2.59 bits per heavy atom. The normalized spacial score (nSPS) is 10.6. The summed E-state index contributed by atoms with van der Waals surface area (Å²) in [5.74, 6) is -0.959. The zero-order valence-corrected chi connectivity index (χ0v) is 11.0. The van der Waals surface area contributed by atoms with Crippen LogP contribution in [0.15, 0.2) is 12.1 Å². The topological polar surface area (TPSA) is 49.8 Å². The first-order valence-electron chi connectivity index (χ1n) is 4.91. The highest BCUT2D eigenvalue weighted by Crippen LogP contribution is 2.32. The molecule has 0 radical (unpaired) electrons. The number of hydrogen-bond acceptors (Lipinski definition) is 3. The van der Waals surface area contributed by atoms with Crippen molar-refractivity contribution in [3.05, 3.63) is 27.7 Å². The number of hydrogen-bond donors (Lipinski definition) is 1. The number of ether oxygens (including phenoxy) is 1. The summed E-state index contributed by atoms with van der Waals surface area (Å²) in [6, 6.07) is 2.78. The average Bonchev–Trinajstić information content (AvgIpc) is 2.19. The van der Waals surface area contributed by atoms with Crippen LogP contribution in [-0.4, -0.2) is 43.2 Å². The number of carboxylic acid groups (broad SMARTS) is 1. The molecule has 0 heterocycles. The second-order valence-electron chi connectivity index (χ2n) is 3.72. The fraction of sp³-hybridized carbons (Fsp3) is 0.364. The van der Waals surface area contributed by atoms with E-state index in [1.165, 1.54) is 12.1 Å². The minimum atomic E-state index is -1.12. The molecule has 17 heavy (non-hydrogen) atoms. The van der Waals surface area contributed by atoms with Gasteiger partial charge in [-0.2, -0.15) is 0 Å². The van der Waals surface area contributed by atoms with Gasteiger partial charge in [0.1, 0.15) is 12.2 Å². The summed E-state index contributed by atoms with van der Waals surface area (Å²) >= 11 is 11.6. The van der Waals surface area contributed by atoms with E-state index in [2.05, 4.69) is 0 Å². The SMILES string of the molecule is CN(C)CCOc1c(Cl)cc(Cl)cc1C(=O)O. The number of halogens is 2. The highest BCUT2D eigenvalue weighted by molar-refractivity contribution is 6.36. The third-order valence-corrected chi connectivity index (χ3v) is 2.52. The van der Waals surface area contributed by atoms with Crippen LogP contribution < -0.4 is 4.74 Å². The number of likely N-dealkylation sites (N-methyl/N-ethyl adjacent to an activating group) is 1. The van der Waals surface area contributed by atoms with Crippen LogP contribution in [0.1, 0.15) is 10.4 Å². The number of carbonyl (C=O) groups is 1. The third-order valence-electron chi connectivity index (χ3n) is 2.02. The van der Waals surface area contributed by atoms with Crippen LogP contribution in [0.5, 0.6) is 5.75 Å². The molecule has 0 spiro atoms. The molecule has 0 aliphatic carbocycles. The largest absolute Gasteiger partial charge is 0.490 e. The minimum Gasteiger partial charge on any atom is -0.490 e. The molecule has 0 unspecified atom stereocenters. The summed E-state index contributed by atoms with van der Waals surface area (Å²) in [6.45, 7) is 1.02. The van der Waals surface area contributed by atoms with E-state index >= 15 is 0 Å². The lowest BCUT2D eigenvalue weighted by atomic mass is 10.2. The molecule has 1 aromatic rings. The average molecular weight is 278 g/mol. The molecule has 0 aromatic heterocycles. The molecule has 0 fully saturated rings. The highest BCUT2D eigenvalue weighted by Gasteiger charge is 2.16. The monoisotopic (exact) mass is 277 g/mol. The Kier molecular flexibility index (Phi) is 5.05. The van der Waals surface area contributed by atoms with Crippen LogP contribution in [-0.2, 0) is 0 Å². The first-order valence-corrected chi connectivity index (χ1v) is 5.67. The standard InChI is InChI=1S/C11H13Cl2NO3/c1-14(2)3-4-17-10-8(11(15)16)5-7(12)6-9(10)13/h5-6H,3-4H2,1-2H3,(H,15,16). The van der Waals surface area contributed by atoms with Gasteiger partial charge in [0.05, 0.1) is 5.02 Å². The Bertz CT molecular complexity index is 421. The number of benzene rings is 1. The molecule has 1 rings (SSSR count). The van der Waals surface area contributed by atoms with E-state index in [0.717, 1.165) is 0 Å². The maximum absolute atomic E-state index is 11.0. The molecule has 94 valence electrons. The summed E-state index contributed by atoms with van der Waals surface area (Å²) in [5, 5.41) is 9.49. The van der Waals surface area contributed by atoms with Crippen molar-refractivity contribution in [2.45, 2.75) is 0 Å². The van der Waals surface area contributed by atoms with Gasteiger partial charge in [0, 0.05) is 11.6 Å². The number of rotatable bonds is 5. The molecular weight excluding hydrogens is 265 g/mol. The van der Waals surface area contributed by atoms with E-state index in [9.17, 15) is 4.79 Å². The van der Waals surface area contributed by atoms with Crippen molar-refractivity contribution in [3.63, 3.8) is 0 Å². The number of aromatic carboxylic acids is 1. The quantitative estimate of drug-likeness (QED) is 0.899. The van der Waals surface area contributed by atoms with Crippen LogP contribution >= 0.6 is 23.2 Å². The second kappa shape index (κ2) is 6.10. The Hall–Kier alpha value is -0.970. The Labute approximate surface area is 110 Å². The fourth-order valence-electron chi connectivity index (χ4n) is 1.20. The van der Waals surface area contributed by atoms with Gasteiger partial charge in [-0.25, -0.2) is 4.79 Å². The van der Waals surface area contributed by atoms with Gasteiger partial charge in [0.15, 0.2) is 5.75 Å². The molecule has 1 N–H and O–H groups in total. The summed E-state index contributed by atoms with van der Waals surface area (Å²) in [5.41, 5.74) is -0.0266. The molecular formula is C11H13Cl2NO3. The molecule has 0 amide bonds. The fourth-order valence-corrected chi connectivity index (χ4v) is 1.74. The first kappa shape index (κ1) is 14.1. The predicted molar refractivity (Wildman–Crippen MR) is 67.5 cm³/mol. The van der Waals surface area contributed by atoms with Crippen LogP contribution in [0.4, 0.5) is 0 Å². The Morgan fingerprint density at radius 2 is 2.06 bits per heavy atom. The van der Waals surface area contributed by atoms with Crippen LogP contribution in [0.3, 0.4) is 0 Å². The van der Waals surface area contributed by atoms with Crippen molar-refractivity contribution in [3.8, 4) is 5.75 Å². The number of nitrogens with zero attached hydrogens (tertiary/aromatic N) is 1. The summed E-state index contributed by atoms with van der Waals surface area (Å²) in [6.07, 6.45) is 0. The first-order chi connectivity index (χ1) is 7.91. The zero-order valence-electron chi connectivity index (χ0n) is 9.54. The lowest BCUT2D eigenvalue weighted by molar-refractivity contribution is 0.0692. The molecule has 0 aliphatic rings. The molecule has 0 aliphatic heterocycles. The lowest BCUT2D eigenvalue weighted by Gasteiger charge is -2.14. The van der Waals surface area contributed by atoms with Crippen molar-refractivity contribution in [1.29, 1.82) is 0 Å². The third kappa shape index (κ3) is 4.07. The summed E-state index contributed by atoms with van der Waals surface area (Å²) in [4.78, 5) is 12.9. The van der Waals surface area contributed by atoms with E-state index in [0.29, 0.717) is 13.2 Å². The van der Waals surface area contributed by atoms with Crippen molar-refractivity contribution < 1.29 is 14.6 Å². The Morgan fingerprint density at radius 1 is 1.41 bits per heavy atom. The van der Waals surface area contributed by atoms with Gasteiger partial charge in [0.25, 0.3) is 0 Å². The van der Waals surface area contributed by atoms with Gasteiger partial charge in [-0.05, 0) is 26.2 Å². The van der Waals surface area contributed by atoms with E-state index in [1.54, 1.807) is 0 Å². The molecule has 0 saturated carbocycles. The van der Waals surface area contributed by atoms with E-state index in [1.807, 2.05) is 19.0 Å². The molecule has 1 aromatic carbocycles. The zero-order chi connectivity index (χ0) is 13.0. The van der Waals surface area contributed by atoms with Gasteiger partial charge in [-0.3, -0.25) is 0 Å². The van der Waals surface area contributed by atoms with E-state index in [-0.39, 0.29) is 21.4 Å². The maximum atomic E-state index is 11.0. The molecule has 0 atom stereocenters.